The predicted octanol–water partition coefficient (Wildman–Crippen LogP) is 0.283. The Morgan fingerprint density at radius 2 is 1.88 bits per heavy atom. The molecule has 0 saturated carbocycles. The average molecular weight is 266 g/mol. The zero-order chi connectivity index (χ0) is 11.8. The minimum absolute atomic E-state index is 0. The van der Waals surface area contributed by atoms with Crippen molar-refractivity contribution in [2.24, 2.45) is 5.92 Å². The van der Waals surface area contributed by atoms with Crippen molar-refractivity contribution in [1.82, 2.24) is 0 Å². The number of rotatable bonds is 2. The largest absolute Gasteiger partial charge is 1.00 e. The molecular formula is C11H11BF3KO. The first-order valence-electron chi connectivity index (χ1n) is 5.30. The smallest absolute Gasteiger partial charge is 0.449 e. The summed E-state index contributed by atoms with van der Waals surface area (Å²) in [5, 5.41) is 0. The molecule has 1 aliphatic rings. The van der Waals surface area contributed by atoms with Gasteiger partial charge in [-0.3, -0.25) is 4.79 Å². The first kappa shape index (κ1) is 15.4. The number of benzene rings is 1. The fourth-order valence-electron chi connectivity index (χ4n) is 2.21. The summed E-state index contributed by atoms with van der Waals surface area (Å²) >= 11 is 0. The molecule has 0 spiro atoms. The van der Waals surface area contributed by atoms with Crippen molar-refractivity contribution in [3.05, 3.63) is 35.4 Å². The van der Waals surface area contributed by atoms with Gasteiger partial charge in [0.25, 0.3) is 0 Å². The van der Waals surface area contributed by atoms with Gasteiger partial charge in [0.2, 0.25) is 0 Å². The molecule has 0 aromatic heterocycles. The van der Waals surface area contributed by atoms with Crippen LogP contribution in [0, 0.1) is 5.92 Å². The molecule has 0 bridgehead atoms. The molecule has 1 aliphatic carbocycles. The Labute approximate surface area is 141 Å². The number of fused-ring (bicyclic) bond motifs is 1. The Kier molecular flexibility index (Phi) is 5.46. The molecule has 1 atom stereocenters. The molecule has 1 aromatic rings. The van der Waals surface area contributed by atoms with Crippen molar-refractivity contribution in [2.75, 3.05) is 0 Å². The topological polar surface area (TPSA) is 17.1 Å². The second-order valence-electron chi connectivity index (χ2n) is 4.20. The van der Waals surface area contributed by atoms with E-state index in [0.29, 0.717) is 18.4 Å². The van der Waals surface area contributed by atoms with Gasteiger partial charge in [-0.1, -0.05) is 30.6 Å². The van der Waals surface area contributed by atoms with Crippen LogP contribution in [0.5, 0.6) is 0 Å². The quantitative estimate of drug-likeness (QED) is 0.703. The van der Waals surface area contributed by atoms with Crippen LogP contribution in [-0.2, 0) is 6.42 Å². The van der Waals surface area contributed by atoms with E-state index in [1.54, 1.807) is 18.2 Å². The van der Waals surface area contributed by atoms with Crippen molar-refractivity contribution >= 4 is 12.8 Å². The summed E-state index contributed by atoms with van der Waals surface area (Å²) in [7, 11) is 0. The van der Waals surface area contributed by atoms with Crippen LogP contribution in [0.4, 0.5) is 12.9 Å². The molecule has 86 valence electrons. The molecule has 0 N–H and O–H groups in total. The monoisotopic (exact) mass is 266 g/mol. The van der Waals surface area contributed by atoms with Crippen LogP contribution in [0.15, 0.2) is 24.3 Å². The van der Waals surface area contributed by atoms with Crippen molar-refractivity contribution in [3.8, 4) is 0 Å². The Hall–Kier alpha value is 0.381. The van der Waals surface area contributed by atoms with E-state index in [1.807, 2.05) is 6.07 Å². The summed E-state index contributed by atoms with van der Waals surface area (Å²) in [6, 6.07) is 6.92. The maximum absolute atomic E-state index is 12.3. The third-order valence-corrected chi connectivity index (χ3v) is 2.97. The van der Waals surface area contributed by atoms with E-state index in [4.69, 9.17) is 0 Å². The van der Waals surface area contributed by atoms with Crippen LogP contribution in [0.1, 0.15) is 22.3 Å². The molecule has 0 radical (unpaired) electrons. The molecule has 1 aromatic carbocycles. The van der Waals surface area contributed by atoms with E-state index >= 15 is 0 Å². The normalized spacial score (nSPS) is 19.5. The number of halogens is 3. The van der Waals surface area contributed by atoms with E-state index in [9.17, 15) is 17.7 Å². The summed E-state index contributed by atoms with van der Waals surface area (Å²) in [6.07, 6.45) is -0.0526. The molecular weight excluding hydrogens is 255 g/mol. The fraction of sp³-hybridized carbons (Fsp3) is 0.364. The number of aryl methyl sites for hydroxylation is 1. The summed E-state index contributed by atoms with van der Waals surface area (Å²) in [5.41, 5.74) is 1.34. The third-order valence-electron chi connectivity index (χ3n) is 2.97. The van der Waals surface area contributed by atoms with Crippen molar-refractivity contribution in [1.29, 1.82) is 0 Å². The molecule has 2 rings (SSSR count). The minimum atomic E-state index is -4.87. The second kappa shape index (κ2) is 6.02. The van der Waals surface area contributed by atoms with Gasteiger partial charge >= 0.3 is 58.4 Å². The third kappa shape index (κ3) is 3.92. The van der Waals surface area contributed by atoms with Crippen LogP contribution in [0.3, 0.4) is 0 Å². The maximum atomic E-state index is 12.3. The van der Waals surface area contributed by atoms with Gasteiger partial charge in [-0.15, -0.1) is 0 Å². The number of carbonyl (C=O) groups excluding carboxylic acids is 1. The van der Waals surface area contributed by atoms with E-state index in [1.165, 1.54) is 0 Å². The molecule has 0 amide bonds. The summed E-state index contributed by atoms with van der Waals surface area (Å²) in [5.74, 6) is -1.21. The molecule has 6 heteroatoms. The van der Waals surface area contributed by atoms with Gasteiger partial charge < -0.3 is 12.9 Å². The zero-order valence-electron chi connectivity index (χ0n) is 9.63. The first-order chi connectivity index (χ1) is 7.47. The number of hydrogen-bond acceptors (Lipinski definition) is 1. The van der Waals surface area contributed by atoms with Gasteiger partial charge in [-0.25, -0.2) is 0 Å². The average Bonchev–Trinajstić information content (AvgIpc) is 2.21. The molecule has 17 heavy (non-hydrogen) atoms. The Morgan fingerprint density at radius 3 is 2.53 bits per heavy atom. The van der Waals surface area contributed by atoms with Crippen molar-refractivity contribution < 1.29 is 69.1 Å². The summed E-state index contributed by atoms with van der Waals surface area (Å²) in [4.78, 5) is 11.8. The number of carbonyl (C=O) groups is 1. The van der Waals surface area contributed by atoms with E-state index < -0.39 is 19.2 Å². The van der Waals surface area contributed by atoms with E-state index in [0.717, 1.165) is 5.56 Å². The number of Topliss-reactive ketones (excluding diaryl/α,β-unsaturated/α-hetero) is 1. The van der Waals surface area contributed by atoms with Gasteiger partial charge in [0, 0.05) is 5.56 Å². The molecule has 0 heterocycles. The summed E-state index contributed by atoms with van der Waals surface area (Å²) in [6.45, 7) is -4.87. The van der Waals surface area contributed by atoms with Crippen LogP contribution < -0.4 is 51.4 Å². The van der Waals surface area contributed by atoms with Crippen LogP contribution >= 0.6 is 0 Å². The summed E-state index contributed by atoms with van der Waals surface area (Å²) < 4.78 is 36.9. The molecule has 1 nitrogen and oxygen atoms in total. The molecule has 0 aliphatic heterocycles. The minimum Gasteiger partial charge on any atom is -0.449 e. The number of hydrogen-bond donors (Lipinski definition) is 0. The number of ketones is 1. The zero-order valence-corrected chi connectivity index (χ0v) is 12.8. The van der Waals surface area contributed by atoms with Gasteiger partial charge in [-0.05, 0) is 24.3 Å². The fourth-order valence-corrected chi connectivity index (χ4v) is 2.21. The van der Waals surface area contributed by atoms with Crippen molar-refractivity contribution in [3.63, 3.8) is 0 Å². The SMILES string of the molecule is O=C1c2ccccc2CCC1C[B-](F)(F)F.[K+]. The van der Waals surface area contributed by atoms with Crippen LogP contribution in [-0.4, -0.2) is 12.8 Å². The molecule has 0 fully saturated rings. The standard InChI is InChI=1S/C11H11BF3O.K/c13-12(14,15)7-9-6-5-8-3-1-2-4-10(8)11(9)16;/h1-4,9H,5-7H2;/q-1;+1. The van der Waals surface area contributed by atoms with Crippen LogP contribution in [0.25, 0.3) is 0 Å². The van der Waals surface area contributed by atoms with E-state index in [-0.39, 0.29) is 57.2 Å². The Balaban J connectivity index is 0.00000144. The predicted molar refractivity (Wildman–Crippen MR) is 56.5 cm³/mol. The van der Waals surface area contributed by atoms with Gasteiger partial charge in [0.1, 0.15) is 0 Å². The van der Waals surface area contributed by atoms with Gasteiger partial charge in [0.05, 0.1) is 0 Å². The Bertz CT molecular complexity index is 419. The van der Waals surface area contributed by atoms with E-state index in [2.05, 4.69) is 0 Å². The van der Waals surface area contributed by atoms with Crippen LogP contribution in [0.2, 0.25) is 6.32 Å². The second-order valence-corrected chi connectivity index (χ2v) is 4.20. The molecule has 0 saturated heterocycles. The molecule has 1 unspecified atom stereocenters. The van der Waals surface area contributed by atoms with Gasteiger partial charge in [0.15, 0.2) is 5.78 Å². The van der Waals surface area contributed by atoms with Crippen molar-refractivity contribution in [2.45, 2.75) is 19.2 Å². The maximum Gasteiger partial charge on any atom is 1.00 e. The first-order valence-corrected chi connectivity index (χ1v) is 5.30. The van der Waals surface area contributed by atoms with Gasteiger partial charge in [-0.2, -0.15) is 0 Å². The Morgan fingerprint density at radius 1 is 1.24 bits per heavy atom.